The Morgan fingerprint density at radius 2 is 1.25 bits per heavy atom. The number of hydrogen-bond donors (Lipinski definition) is 0. The van der Waals surface area contributed by atoms with Crippen LogP contribution in [0.25, 0.3) is 0 Å². The molecule has 4 heteroatoms. The van der Waals surface area contributed by atoms with E-state index in [4.69, 9.17) is 3.80 Å². The maximum atomic E-state index is 8.12. The van der Waals surface area contributed by atoms with Crippen LogP contribution in [0, 0.1) is 0 Å². The Balaban J connectivity index is -0.00000000500. The van der Waals surface area contributed by atoms with Crippen molar-refractivity contribution < 1.29 is 39.5 Å². The van der Waals surface area contributed by atoms with Gasteiger partial charge in [-0.15, -0.1) is 0 Å². The Morgan fingerprint density at radius 1 is 1.25 bits per heavy atom. The zero-order valence-electron chi connectivity index (χ0n) is 1.93. The third-order valence-electron chi connectivity index (χ3n) is 0. The summed E-state index contributed by atoms with van der Waals surface area (Å²) in [6, 6.07) is 0. The first-order valence-electron chi connectivity index (χ1n) is 0.167. The summed E-state index contributed by atoms with van der Waals surface area (Å²) in [5.74, 6) is 0. The maximum absolute atomic E-state index is 8.12. The van der Waals surface area contributed by atoms with E-state index in [0.29, 0.717) is 0 Å². The first kappa shape index (κ1) is 18.5. The zero-order valence-corrected chi connectivity index (χ0v) is 6.99. The molecule has 0 rings (SSSR count). The second-order valence-corrected chi connectivity index (χ2v) is 0. The smallest absolute Gasteiger partial charge is 2.00 e. The fourth-order valence-corrected chi connectivity index (χ4v) is 0. The minimum absolute atomic E-state index is 0. The average molecular weight is 165 g/mol. The summed E-state index contributed by atoms with van der Waals surface area (Å²) in [6.45, 7) is 0. The van der Waals surface area contributed by atoms with Crippen molar-refractivity contribution in [3.8, 4) is 0 Å². The van der Waals surface area contributed by atoms with Gasteiger partial charge >= 0.3 is 39.5 Å². The Kier molecular flexibility index (Phi) is 128. The molecule has 0 atom stereocenters. The minimum Gasteiger partial charge on any atom is -2.00 e. The molecule has 0 aliphatic rings. The molecule has 0 N–H and O–H groups in total. The zero-order chi connectivity index (χ0) is 2.00. The molecular formula is CrOSZn. The Bertz CT molecular complexity index is 8.00. The van der Waals surface area contributed by atoms with E-state index in [9.17, 15) is 0 Å². The fourth-order valence-electron chi connectivity index (χ4n) is 0. The summed E-state index contributed by atoms with van der Waals surface area (Å²) in [4.78, 5) is 0. The van der Waals surface area contributed by atoms with E-state index in [1.807, 2.05) is 0 Å². The molecule has 0 spiro atoms. The van der Waals surface area contributed by atoms with Crippen LogP contribution in [0.2, 0.25) is 0 Å². The molecule has 0 heterocycles. The van der Waals surface area contributed by atoms with Gasteiger partial charge in [0.05, 0.1) is 0 Å². The third-order valence-corrected chi connectivity index (χ3v) is 0. The van der Waals surface area contributed by atoms with Crippen LogP contribution < -0.4 is 0 Å². The predicted octanol–water partition coefficient (Wildman–Crippen LogP) is -0.126. The fraction of sp³-hybridized carbons (Fsp3) is 0. The third kappa shape index (κ3) is 10.3. The molecule has 0 saturated carbocycles. The number of hydrogen-bond acceptors (Lipinski definition) is 1. The summed E-state index contributed by atoms with van der Waals surface area (Å²) in [5, 5.41) is 0. The molecule has 0 radical (unpaired) electrons. The van der Waals surface area contributed by atoms with Gasteiger partial charge in [0, 0.05) is 0 Å². The molecule has 0 aromatic rings. The van der Waals surface area contributed by atoms with Crippen molar-refractivity contribution in [2.24, 2.45) is 0 Å². The quantitative estimate of drug-likeness (QED) is 0.457. The van der Waals surface area contributed by atoms with Gasteiger partial charge in [-0.05, 0) is 0 Å². The van der Waals surface area contributed by atoms with Gasteiger partial charge in [-0.25, -0.2) is 0 Å². The summed E-state index contributed by atoms with van der Waals surface area (Å²) >= 11 is 1.38. The molecule has 0 amide bonds. The molecule has 4 heavy (non-hydrogen) atoms. The topological polar surface area (TPSA) is 17.1 Å². The van der Waals surface area contributed by atoms with Crippen LogP contribution in [-0.2, 0) is 53.0 Å². The van der Waals surface area contributed by atoms with E-state index < -0.39 is 0 Å². The van der Waals surface area contributed by atoms with Crippen LogP contribution in [0.3, 0.4) is 0 Å². The summed E-state index contributed by atoms with van der Waals surface area (Å²) in [6.07, 6.45) is 0. The molecule has 0 aromatic carbocycles. The van der Waals surface area contributed by atoms with Crippen LogP contribution in [0.5, 0.6) is 0 Å². The molecule has 0 bridgehead atoms. The minimum atomic E-state index is 0. The van der Waals surface area contributed by atoms with Gasteiger partial charge in [-0.2, -0.15) is 0 Å². The average Bonchev–Trinajstić information content (AvgIpc) is 1.00. The Hall–Kier alpha value is 1.31. The van der Waals surface area contributed by atoms with Gasteiger partial charge in [0.1, 0.15) is 0 Å². The second kappa shape index (κ2) is 27.6. The number of rotatable bonds is 0. The van der Waals surface area contributed by atoms with Crippen molar-refractivity contribution in [3.63, 3.8) is 0 Å². The summed E-state index contributed by atoms with van der Waals surface area (Å²) in [5.41, 5.74) is 0. The molecule has 0 aromatic heterocycles. The van der Waals surface area contributed by atoms with Gasteiger partial charge < -0.3 is 13.5 Å². The largest absolute Gasteiger partial charge is 2.00 e. The second-order valence-electron chi connectivity index (χ2n) is 0. The van der Waals surface area contributed by atoms with Crippen molar-refractivity contribution in [1.29, 1.82) is 0 Å². The molecule has 1 nitrogen and oxygen atoms in total. The molecule has 20 valence electrons. The van der Waals surface area contributed by atoms with Crippen LogP contribution in [-0.4, -0.2) is 0 Å². The van der Waals surface area contributed by atoms with Crippen molar-refractivity contribution >= 4 is 13.5 Å². The van der Waals surface area contributed by atoms with Crippen molar-refractivity contribution in [2.75, 3.05) is 0 Å². The van der Waals surface area contributed by atoms with Crippen LogP contribution in [0.4, 0.5) is 0 Å². The van der Waals surface area contributed by atoms with Crippen LogP contribution >= 0.6 is 0 Å². The van der Waals surface area contributed by atoms with E-state index in [1.165, 1.54) is 16.2 Å². The maximum Gasteiger partial charge on any atom is 2.00 e. The SMILES string of the molecule is [O]=[Cr].[S-2].[Zn+2]. The van der Waals surface area contributed by atoms with Gasteiger partial charge in [0.2, 0.25) is 0 Å². The molecule has 0 aliphatic carbocycles. The molecule has 0 saturated heterocycles. The Labute approximate surface area is 53.0 Å². The summed E-state index contributed by atoms with van der Waals surface area (Å²) in [7, 11) is 0. The summed E-state index contributed by atoms with van der Waals surface area (Å²) < 4.78 is 8.12. The molecular weight excluding hydrogens is 165 g/mol. The Morgan fingerprint density at radius 3 is 1.25 bits per heavy atom. The van der Waals surface area contributed by atoms with E-state index in [-0.39, 0.29) is 33.0 Å². The van der Waals surface area contributed by atoms with E-state index >= 15 is 0 Å². The van der Waals surface area contributed by atoms with E-state index in [2.05, 4.69) is 0 Å². The van der Waals surface area contributed by atoms with Gasteiger partial charge in [0.15, 0.2) is 0 Å². The van der Waals surface area contributed by atoms with Gasteiger partial charge in [-0.3, -0.25) is 0 Å². The molecule has 0 fully saturated rings. The molecule has 0 unspecified atom stereocenters. The normalized spacial score (nSPS) is 1.00. The standard InChI is InChI=1S/Cr.O.S.Zn/q;;-2;+2. The van der Waals surface area contributed by atoms with Crippen LogP contribution in [0.1, 0.15) is 0 Å². The van der Waals surface area contributed by atoms with E-state index in [0.717, 1.165) is 0 Å². The first-order chi connectivity index (χ1) is 1.00. The van der Waals surface area contributed by atoms with Gasteiger partial charge in [-0.1, -0.05) is 0 Å². The molecule has 0 aliphatic heterocycles. The predicted molar refractivity (Wildman–Crippen MR) is 8.05 cm³/mol. The van der Waals surface area contributed by atoms with Crippen molar-refractivity contribution in [2.45, 2.75) is 0 Å². The first-order valence-corrected chi connectivity index (χ1v) is 0.687. The van der Waals surface area contributed by atoms with Crippen molar-refractivity contribution in [1.82, 2.24) is 0 Å². The van der Waals surface area contributed by atoms with E-state index in [1.54, 1.807) is 0 Å². The monoisotopic (exact) mass is 164 g/mol. The van der Waals surface area contributed by atoms with Crippen LogP contribution in [0.15, 0.2) is 0 Å². The van der Waals surface area contributed by atoms with Gasteiger partial charge in [0.25, 0.3) is 0 Å². The van der Waals surface area contributed by atoms with Crippen molar-refractivity contribution in [3.05, 3.63) is 0 Å².